The Bertz CT molecular complexity index is 1330. The molecule has 1 heterocycles. The van der Waals surface area contributed by atoms with Gasteiger partial charge in [0, 0.05) is 28.8 Å². The van der Waals surface area contributed by atoms with Crippen molar-refractivity contribution in [3.8, 4) is 0 Å². The van der Waals surface area contributed by atoms with Crippen LogP contribution in [0, 0.1) is 5.92 Å². The Morgan fingerprint density at radius 2 is 1.82 bits per heavy atom. The average molecular weight is 468 g/mol. The number of nitrogens with one attached hydrogen (secondary N) is 3. The van der Waals surface area contributed by atoms with E-state index in [-0.39, 0.29) is 21.9 Å². The highest BCUT2D eigenvalue weighted by molar-refractivity contribution is 7.92. The van der Waals surface area contributed by atoms with Gasteiger partial charge in [-0.3, -0.25) is 14.3 Å². The number of benzene rings is 2. The van der Waals surface area contributed by atoms with Crippen molar-refractivity contribution < 1.29 is 13.2 Å². The van der Waals surface area contributed by atoms with Crippen LogP contribution < -0.4 is 15.5 Å². The van der Waals surface area contributed by atoms with Crippen molar-refractivity contribution in [1.29, 1.82) is 0 Å². The van der Waals surface area contributed by atoms with E-state index >= 15 is 0 Å². The number of amides is 1. The molecule has 0 spiro atoms. The number of aromatic amines is 1. The van der Waals surface area contributed by atoms with Gasteiger partial charge >= 0.3 is 0 Å². The Hall–Kier alpha value is -3.13. The maximum Gasteiger partial charge on any atom is 0.261 e. The van der Waals surface area contributed by atoms with Gasteiger partial charge in [-0.1, -0.05) is 38.8 Å². The van der Waals surface area contributed by atoms with Gasteiger partial charge in [0.25, 0.3) is 15.9 Å². The smallest absolute Gasteiger partial charge is 0.261 e. The van der Waals surface area contributed by atoms with Crippen LogP contribution >= 0.6 is 0 Å². The van der Waals surface area contributed by atoms with E-state index < -0.39 is 21.4 Å². The first-order valence-corrected chi connectivity index (χ1v) is 12.8. The van der Waals surface area contributed by atoms with E-state index in [4.69, 9.17) is 0 Å². The number of aryl methyl sites for hydroxylation is 1. The molecule has 1 fully saturated rings. The Kier molecular flexibility index (Phi) is 6.56. The van der Waals surface area contributed by atoms with E-state index in [1.54, 1.807) is 12.1 Å². The molecule has 7 nitrogen and oxygen atoms in total. The zero-order valence-corrected chi connectivity index (χ0v) is 19.7. The highest BCUT2D eigenvalue weighted by atomic mass is 32.2. The van der Waals surface area contributed by atoms with Crippen LogP contribution in [0.4, 0.5) is 5.69 Å². The van der Waals surface area contributed by atoms with E-state index in [9.17, 15) is 18.0 Å². The number of aromatic nitrogens is 1. The second kappa shape index (κ2) is 9.39. The predicted molar refractivity (Wildman–Crippen MR) is 130 cm³/mol. The number of hydrogen-bond donors (Lipinski definition) is 3. The number of H-pyrrole nitrogens is 1. The molecule has 1 aliphatic rings. The van der Waals surface area contributed by atoms with Gasteiger partial charge in [-0.2, -0.15) is 0 Å². The first-order chi connectivity index (χ1) is 15.8. The predicted octanol–water partition coefficient (Wildman–Crippen LogP) is 4.20. The summed E-state index contributed by atoms with van der Waals surface area (Å²) in [5.41, 5.74) is 1.50. The lowest BCUT2D eigenvalue weighted by Crippen LogP contribution is -2.42. The quantitative estimate of drug-likeness (QED) is 0.505. The second-order valence-corrected chi connectivity index (χ2v) is 10.4. The molecule has 2 unspecified atom stereocenters. The number of carbonyl (C=O) groups excluding carboxylic acids is 1. The summed E-state index contributed by atoms with van der Waals surface area (Å²) in [6, 6.07) is 11.5. The van der Waals surface area contributed by atoms with Crippen LogP contribution in [0.2, 0.25) is 0 Å². The van der Waals surface area contributed by atoms with Crippen molar-refractivity contribution in [3.05, 3.63) is 70.0 Å². The van der Waals surface area contributed by atoms with Gasteiger partial charge in [0.1, 0.15) is 5.56 Å². The van der Waals surface area contributed by atoms with Gasteiger partial charge in [0.2, 0.25) is 5.43 Å². The average Bonchev–Trinajstić information content (AvgIpc) is 2.81. The second-order valence-electron chi connectivity index (χ2n) is 8.74. The standard InChI is InChI=1S/C25H29N3O4S/c1-3-17-8-10-18(11-9-17)28-33(31,32)19-12-13-23-20(14-19)24(29)21(15-26-23)25(30)27-22-7-5-4-6-16(22)2/h8-16,22,28H,3-7H2,1-2H3,(H,26,29)(H,27,30). The zero-order chi connectivity index (χ0) is 23.6. The van der Waals surface area contributed by atoms with Gasteiger partial charge in [-0.15, -0.1) is 0 Å². The fourth-order valence-corrected chi connectivity index (χ4v) is 5.42. The maximum absolute atomic E-state index is 13.1. The topological polar surface area (TPSA) is 108 Å². The summed E-state index contributed by atoms with van der Waals surface area (Å²) >= 11 is 0. The van der Waals surface area contributed by atoms with E-state index in [0.717, 1.165) is 37.7 Å². The molecule has 8 heteroatoms. The minimum Gasteiger partial charge on any atom is -0.360 e. The number of anilines is 1. The first-order valence-electron chi connectivity index (χ1n) is 11.4. The monoisotopic (exact) mass is 467 g/mol. The molecular formula is C25H29N3O4S. The van der Waals surface area contributed by atoms with Crippen LogP contribution in [0.1, 0.15) is 55.5 Å². The Morgan fingerprint density at radius 3 is 2.52 bits per heavy atom. The Labute approximate surface area is 193 Å². The fourth-order valence-electron chi connectivity index (χ4n) is 4.33. The van der Waals surface area contributed by atoms with Crippen LogP contribution in [-0.2, 0) is 16.4 Å². The van der Waals surface area contributed by atoms with Gasteiger partial charge in [-0.25, -0.2) is 8.42 Å². The molecular weight excluding hydrogens is 438 g/mol. The zero-order valence-electron chi connectivity index (χ0n) is 18.9. The molecule has 2 aromatic carbocycles. The molecule has 1 saturated carbocycles. The van der Waals surface area contributed by atoms with Crippen LogP contribution in [0.5, 0.6) is 0 Å². The van der Waals surface area contributed by atoms with Gasteiger partial charge < -0.3 is 10.3 Å². The van der Waals surface area contributed by atoms with Gasteiger partial charge in [0.05, 0.1) is 4.90 Å². The van der Waals surface area contributed by atoms with Crippen LogP contribution in [0.15, 0.2) is 58.4 Å². The SMILES string of the molecule is CCc1ccc(NS(=O)(=O)c2ccc3[nH]cc(C(=O)NC4CCCCC4C)c(=O)c3c2)cc1. The highest BCUT2D eigenvalue weighted by Crippen LogP contribution is 2.24. The minimum atomic E-state index is -3.91. The molecule has 0 bridgehead atoms. The first kappa shape index (κ1) is 23.0. The number of sulfonamides is 1. The van der Waals surface area contributed by atoms with Crippen molar-refractivity contribution in [2.45, 2.75) is 56.9 Å². The summed E-state index contributed by atoms with van der Waals surface area (Å²) in [4.78, 5) is 28.9. The van der Waals surface area contributed by atoms with Crippen molar-refractivity contribution >= 4 is 32.5 Å². The molecule has 0 radical (unpaired) electrons. The summed E-state index contributed by atoms with van der Waals surface area (Å²) in [7, 11) is -3.91. The number of rotatable bonds is 6. The van der Waals surface area contributed by atoms with Crippen molar-refractivity contribution in [3.63, 3.8) is 0 Å². The third-order valence-electron chi connectivity index (χ3n) is 6.45. The van der Waals surface area contributed by atoms with Crippen LogP contribution in [0.3, 0.4) is 0 Å². The summed E-state index contributed by atoms with van der Waals surface area (Å²) in [5, 5.41) is 3.14. The molecule has 2 atom stereocenters. The van der Waals surface area contributed by atoms with Crippen molar-refractivity contribution in [1.82, 2.24) is 10.3 Å². The number of hydrogen-bond acceptors (Lipinski definition) is 4. The molecule has 33 heavy (non-hydrogen) atoms. The summed E-state index contributed by atoms with van der Waals surface area (Å²) in [6.07, 6.45) is 6.41. The van der Waals surface area contributed by atoms with Gasteiger partial charge in [-0.05, 0) is 61.1 Å². The summed E-state index contributed by atoms with van der Waals surface area (Å²) in [5.74, 6) is -0.0734. The van der Waals surface area contributed by atoms with E-state index in [0.29, 0.717) is 17.1 Å². The third-order valence-corrected chi connectivity index (χ3v) is 7.83. The molecule has 174 valence electrons. The molecule has 0 aliphatic heterocycles. The van der Waals surface area contributed by atoms with Crippen LogP contribution in [0.25, 0.3) is 10.9 Å². The Morgan fingerprint density at radius 1 is 1.09 bits per heavy atom. The van der Waals surface area contributed by atoms with Crippen molar-refractivity contribution in [2.75, 3.05) is 4.72 Å². The third kappa shape index (κ3) is 4.95. The molecule has 1 amide bonds. The fraction of sp³-hybridized carbons (Fsp3) is 0.360. The maximum atomic E-state index is 13.1. The normalized spacial score (nSPS) is 18.7. The summed E-state index contributed by atoms with van der Waals surface area (Å²) in [6.45, 7) is 4.13. The summed E-state index contributed by atoms with van der Waals surface area (Å²) < 4.78 is 28.4. The van der Waals surface area contributed by atoms with E-state index in [1.165, 1.54) is 24.4 Å². The lowest BCUT2D eigenvalue weighted by Gasteiger charge is -2.29. The molecule has 3 N–H and O–H groups in total. The molecule has 1 aliphatic carbocycles. The van der Waals surface area contributed by atoms with E-state index in [2.05, 4.69) is 21.9 Å². The van der Waals surface area contributed by atoms with Crippen LogP contribution in [-0.4, -0.2) is 25.4 Å². The molecule has 4 rings (SSSR count). The lowest BCUT2D eigenvalue weighted by molar-refractivity contribution is 0.0909. The van der Waals surface area contributed by atoms with E-state index in [1.807, 2.05) is 19.1 Å². The van der Waals surface area contributed by atoms with Gasteiger partial charge in [0.15, 0.2) is 0 Å². The molecule has 1 aromatic heterocycles. The number of pyridine rings is 1. The lowest BCUT2D eigenvalue weighted by atomic mass is 9.86. The van der Waals surface area contributed by atoms with Crippen molar-refractivity contribution in [2.24, 2.45) is 5.92 Å². The largest absolute Gasteiger partial charge is 0.360 e. The Balaban J connectivity index is 1.62. The highest BCUT2D eigenvalue weighted by Gasteiger charge is 2.25. The minimum absolute atomic E-state index is 0.0158. The molecule has 0 saturated heterocycles. The number of carbonyl (C=O) groups is 1. The number of fused-ring (bicyclic) bond motifs is 1. The molecule has 3 aromatic rings.